The molecule has 1 amide bonds. The van der Waals surface area contributed by atoms with Crippen LogP contribution in [0.1, 0.15) is 40.7 Å². The zero-order valence-corrected chi connectivity index (χ0v) is 16.2. The van der Waals surface area contributed by atoms with E-state index in [4.69, 9.17) is 0 Å². The number of carboxylic acids is 1. The summed E-state index contributed by atoms with van der Waals surface area (Å²) >= 11 is 1.47. The van der Waals surface area contributed by atoms with E-state index < -0.39 is 17.4 Å². The summed E-state index contributed by atoms with van der Waals surface area (Å²) in [7, 11) is 0. The van der Waals surface area contributed by atoms with Gasteiger partial charge in [0.25, 0.3) is 5.91 Å². The number of nitrogens with one attached hydrogen (secondary N) is 1. The number of rotatable bonds is 6. The molecule has 0 aliphatic carbocycles. The van der Waals surface area contributed by atoms with Crippen molar-refractivity contribution in [1.82, 2.24) is 14.9 Å². The molecule has 0 bridgehead atoms. The molecule has 0 saturated carbocycles. The molecular weight excluding hydrogens is 362 g/mol. The zero-order valence-electron chi connectivity index (χ0n) is 15.4. The number of amides is 1. The van der Waals surface area contributed by atoms with Crippen LogP contribution in [0.25, 0.3) is 5.13 Å². The van der Waals surface area contributed by atoms with Crippen molar-refractivity contribution in [3.8, 4) is 5.13 Å². The fourth-order valence-electron chi connectivity index (χ4n) is 3.29. The Morgan fingerprint density at radius 1 is 1.26 bits per heavy atom. The van der Waals surface area contributed by atoms with Gasteiger partial charge in [0.15, 0.2) is 10.7 Å². The Hall–Kier alpha value is -2.93. The smallest absolute Gasteiger partial charge is 0.334 e. The summed E-state index contributed by atoms with van der Waals surface area (Å²) in [5.74, 6) is -1.50. The number of aryl methyl sites for hydroxylation is 1. The van der Waals surface area contributed by atoms with Crippen LogP contribution in [0.2, 0.25) is 0 Å². The Kier molecular flexibility index (Phi) is 5.14. The monoisotopic (exact) mass is 383 g/mol. The van der Waals surface area contributed by atoms with Gasteiger partial charge in [-0.1, -0.05) is 37.3 Å². The number of nitrogens with zero attached hydrogens (tertiary/aromatic N) is 2. The molecule has 1 aromatic carbocycles. The second-order valence-corrected chi connectivity index (χ2v) is 7.19. The summed E-state index contributed by atoms with van der Waals surface area (Å²) in [6.07, 6.45) is 1.93. The molecule has 140 valence electrons. The number of aromatic nitrogens is 2. The van der Waals surface area contributed by atoms with Gasteiger partial charge in [0.2, 0.25) is 0 Å². The SMILES string of the molecule is CCC(NC(=O)c1cc(C)n(-c2nccs2)c1C)(C(=O)O)c1ccccc1. The van der Waals surface area contributed by atoms with Crippen LogP contribution in [0.3, 0.4) is 0 Å². The quantitative estimate of drug-likeness (QED) is 0.680. The number of hydrogen-bond donors (Lipinski definition) is 2. The third-order valence-corrected chi connectivity index (χ3v) is 5.53. The summed E-state index contributed by atoms with van der Waals surface area (Å²) in [5, 5.41) is 15.3. The first-order chi connectivity index (χ1) is 12.9. The normalized spacial score (nSPS) is 13.1. The van der Waals surface area contributed by atoms with Crippen molar-refractivity contribution in [3.05, 3.63) is 70.5 Å². The molecular formula is C20H21N3O3S. The van der Waals surface area contributed by atoms with Crippen molar-refractivity contribution in [3.63, 3.8) is 0 Å². The number of hydrogen-bond acceptors (Lipinski definition) is 4. The molecule has 1 atom stereocenters. The van der Waals surface area contributed by atoms with Gasteiger partial charge in [0.1, 0.15) is 0 Å². The molecule has 2 aromatic heterocycles. The van der Waals surface area contributed by atoms with E-state index >= 15 is 0 Å². The highest BCUT2D eigenvalue weighted by Crippen LogP contribution is 2.28. The van der Waals surface area contributed by atoms with E-state index in [-0.39, 0.29) is 6.42 Å². The molecule has 1 unspecified atom stereocenters. The van der Waals surface area contributed by atoms with Crippen LogP contribution in [0.5, 0.6) is 0 Å². The average molecular weight is 383 g/mol. The molecule has 0 spiro atoms. The van der Waals surface area contributed by atoms with Gasteiger partial charge in [-0.25, -0.2) is 9.78 Å². The fraction of sp³-hybridized carbons (Fsp3) is 0.250. The highest BCUT2D eigenvalue weighted by Gasteiger charge is 2.40. The van der Waals surface area contributed by atoms with E-state index in [1.165, 1.54) is 11.3 Å². The highest BCUT2D eigenvalue weighted by molar-refractivity contribution is 7.12. The molecule has 2 heterocycles. The van der Waals surface area contributed by atoms with Gasteiger partial charge in [-0.15, -0.1) is 11.3 Å². The van der Waals surface area contributed by atoms with Crippen LogP contribution >= 0.6 is 11.3 Å². The lowest BCUT2D eigenvalue weighted by Gasteiger charge is -2.30. The summed E-state index contributed by atoms with van der Waals surface area (Å²) < 4.78 is 1.90. The van der Waals surface area contributed by atoms with Crippen LogP contribution < -0.4 is 5.32 Å². The van der Waals surface area contributed by atoms with Gasteiger partial charge >= 0.3 is 5.97 Å². The Balaban J connectivity index is 2.01. The Morgan fingerprint density at radius 3 is 2.52 bits per heavy atom. The maximum Gasteiger partial charge on any atom is 0.334 e. The fourth-order valence-corrected chi connectivity index (χ4v) is 4.04. The largest absolute Gasteiger partial charge is 0.479 e. The Morgan fingerprint density at radius 2 is 1.96 bits per heavy atom. The topological polar surface area (TPSA) is 84.2 Å². The van der Waals surface area contributed by atoms with E-state index in [1.807, 2.05) is 29.9 Å². The van der Waals surface area contributed by atoms with Crippen molar-refractivity contribution in [1.29, 1.82) is 0 Å². The number of aliphatic carboxylic acids is 1. The van der Waals surface area contributed by atoms with Crippen molar-refractivity contribution in [2.75, 3.05) is 0 Å². The highest BCUT2D eigenvalue weighted by atomic mass is 32.1. The van der Waals surface area contributed by atoms with Gasteiger partial charge in [-0.3, -0.25) is 9.36 Å². The Labute approximate surface area is 161 Å². The van der Waals surface area contributed by atoms with Crippen molar-refractivity contribution in [2.45, 2.75) is 32.7 Å². The van der Waals surface area contributed by atoms with Gasteiger partial charge in [-0.05, 0) is 31.9 Å². The van der Waals surface area contributed by atoms with Gasteiger partial charge in [0.05, 0.1) is 5.56 Å². The first-order valence-corrected chi connectivity index (χ1v) is 9.49. The maximum atomic E-state index is 13.0. The molecule has 0 saturated heterocycles. The Bertz CT molecular complexity index is 964. The molecule has 3 aromatic rings. The third kappa shape index (κ3) is 3.26. The second kappa shape index (κ2) is 7.36. The number of carbonyl (C=O) groups excluding carboxylic acids is 1. The standard InChI is InChI=1S/C20H21N3O3S/c1-4-20(18(25)26,15-8-6-5-7-9-15)22-17(24)16-12-13(2)23(14(16)3)19-21-10-11-27-19/h5-12H,4H2,1-3H3,(H,22,24)(H,25,26). The van der Waals surface area contributed by atoms with Crippen molar-refractivity contribution in [2.24, 2.45) is 0 Å². The molecule has 7 heteroatoms. The predicted molar refractivity (Wildman–Crippen MR) is 104 cm³/mol. The summed E-state index contributed by atoms with van der Waals surface area (Å²) in [4.78, 5) is 29.5. The summed E-state index contributed by atoms with van der Waals surface area (Å²) in [5.41, 5.74) is 1.09. The van der Waals surface area contributed by atoms with Crippen LogP contribution in [0, 0.1) is 13.8 Å². The molecule has 0 aliphatic rings. The molecule has 0 radical (unpaired) electrons. The molecule has 27 heavy (non-hydrogen) atoms. The van der Waals surface area contributed by atoms with Gasteiger partial charge in [-0.2, -0.15) is 0 Å². The molecule has 0 aliphatic heterocycles. The lowest BCUT2D eigenvalue weighted by molar-refractivity contribution is -0.145. The van der Waals surface area contributed by atoms with E-state index in [0.29, 0.717) is 11.1 Å². The predicted octanol–water partition coefficient (Wildman–Crippen LogP) is 3.67. The van der Waals surface area contributed by atoms with Crippen LogP contribution in [-0.2, 0) is 10.3 Å². The van der Waals surface area contributed by atoms with E-state index in [2.05, 4.69) is 10.3 Å². The van der Waals surface area contributed by atoms with Crippen LogP contribution in [0.15, 0.2) is 48.0 Å². The lowest BCUT2D eigenvalue weighted by Crippen LogP contribution is -2.51. The third-order valence-electron chi connectivity index (χ3n) is 4.78. The maximum absolute atomic E-state index is 13.0. The average Bonchev–Trinajstić information content (AvgIpc) is 3.27. The number of carboxylic acid groups (broad SMARTS) is 1. The van der Waals surface area contributed by atoms with Crippen molar-refractivity contribution >= 4 is 23.2 Å². The molecule has 0 fully saturated rings. The van der Waals surface area contributed by atoms with Crippen LogP contribution in [0.4, 0.5) is 0 Å². The second-order valence-electron chi connectivity index (χ2n) is 6.32. The summed E-state index contributed by atoms with van der Waals surface area (Å²) in [6.45, 7) is 5.48. The number of thiazole rings is 1. The van der Waals surface area contributed by atoms with Crippen LogP contribution in [-0.4, -0.2) is 26.5 Å². The molecule has 2 N–H and O–H groups in total. The van der Waals surface area contributed by atoms with Gasteiger partial charge < -0.3 is 10.4 Å². The zero-order chi connectivity index (χ0) is 19.6. The van der Waals surface area contributed by atoms with Gasteiger partial charge in [0, 0.05) is 23.0 Å². The van der Waals surface area contributed by atoms with E-state index in [9.17, 15) is 14.7 Å². The minimum absolute atomic E-state index is 0.226. The minimum atomic E-state index is -1.48. The first kappa shape index (κ1) is 18.8. The number of carbonyl (C=O) groups is 2. The van der Waals surface area contributed by atoms with Crippen molar-refractivity contribution < 1.29 is 14.7 Å². The molecule has 3 rings (SSSR count). The van der Waals surface area contributed by atoms with E-state index in [1.54, 1.807) is 43.5 Å². The summed E-state index contributed by atoms with van der Waals surface area (Å²) in [6, 6.07) is 10.6. The lowest BCUT2D eigenvalue weighted by atomic mass is 9.87. The minimum Gasteiger partial charge on any atom is -0.479 e. The number of benzene rings is 1. The molecule has 6 nitrogen and oxygen atoms in total. The first-order valence-electron chi connectivity index (χ1n) is 8.61. The van der Waals surface area contributed by atoms with E-state index in [0.717, 1.165) is 16.5 Å².